The Hall–Kier alpha value is -1.57. The summed E-state index contributed by atoms with van der Waals surface area (Å²) in [6.07, 6.45) is -44.6. The van der Waals surface area contributed by atoms with Crippen molar-refractivity contribution in [2.75, 3.05) is 46.2 Å². The van der Waals surface area contributed by atoms with Crippen molar-refractivity contribution in [3.63, 3.8) is 0 Å². The van der Waals surface area contributed by atoms with Gasteiger partial charge in [-0.2, -0.15) is 0 Å². The Morgan fingerprint density at radius 1 is 0.557 bits per heavy atom. The maximum Gasteiger partial charge on any atom is 0.335 e. The topological polar surface area (TPSA) is 459 Å². The van der Waals surface area contributed by atoms with Crippen molar-refractivity contribution in [3.8, 4) is 0 Å². The molecule has 14 unspecified atom stereocenters. The van der Waals surface area contributed by atoms with Crippen LogP contribution in [0.1, 0.15) is 6.42 Å². The zero-order chi connectivity index (χ0) is 45.1. The summed E-state index contributed by atoms with van der Waals surface area (Å²) in [6, 6.07) is 0. The predicted molar refractivity (Wildman–Crippen MR) is 184 cm³/mol. The number of carboxylic acid groups (broad SMARTS) is 1. The second-order valence-electron chi connectivity index (χ2n) is 15.1. The van der Waals surface area contributed by atoms with Gasteiger partial charge in [0.2, 0.25) is 0 Å². The summed E-state index contributed by atoms with van der Waals surface area (Å²) < 4.78 is 54.6. The van der Waals surface area contributed by atoms with E-state index in [0.717, 1.165) is 0 Å². The van der Waals surface area contributed by atoms with Crippen molar-refractivity contribution in [2.24, 2.45) is 5.73 Å². The molecule has 5 rings (SSSR count). The normalized spacial score (nSPS) is 49.7. The average molecular weight is 900 g/mol. The van der Waals surface area contributed by atoms with E-state index < -0.39 is 192 Å². The van der Waals surface area contributed by atoms with Crippen LogP contribution in [0, 0.1) is 0 Å². The average Bonchev–Trinajstić information content (AvgIpc) is 3.23. The standard InChI is InChI=1S/C33H57NO27/c34-2-4-52-28-16(43)12(39)21(9(5-36)54-28)57-30-17(44)13(40)22(10(6-37)55-30)58-31-18(45)14(41)23(11(7-38)56-31)59-32-19(46)15(42)24(25(61-32)27(49)50)60-29-20(47)26(48)33(51,1-3-35)8-53-29/h9-26,28-32,35-48,51H,1-8,34H2,(H,49,50)/t9?,10?,11?,12?,13?,14?,15?,16?,17?,18?,19?,20?,21-,22+,23+,24-,25?,26?,28-,29+,30+,31-,32+,33+/m0/s1. The Morgan fingerprint density at radius 3 is 1.36 bits per heavy atom. The monoisotopic (exact) mass is 899 g/mol. The van der Waals surface area contributed by atoms with Gasteiger partial charge in [0.15, 0.2) is 37.6 Å². The lowest BCUT2D eigenvalue weighted by atomic mass is 9.87. The van der Waals surface area contributed by atoms with E-state index in [9.17, 15) is 86.5 Å². The van der Waals surface area contributed by atoms with Crippen molar-refractivity contribution in [3.05, 3.63) is 0 Å². The molecule has 356 valence electrons. The first-order chi connectivity index (χ1) is 28.9. The molecule has 5 saturated heterocycles. The lowest BCUT2D eigenvalue weighted by Crippen LogP contribution is -2.68. The van der Waals surface area contributed by atoms with E-state index in [4.69, 9.17) is 53.1 Å². The Kier molecular flexibility index (Phi) is 17.9. The number of ether oxygens (including phenoxy) is 10. The number of carboxylic acids is 1. The first kappa shape index (κ1) is 50.4. The first-order valence-electron chi connectivity index (χ1n) is 19.2. The van der Waals surface area contributed by atoms with Crippen molar-refractivity contribution in [1.82, 2.24) is 0 Å². The van der Waals surface area contributed by atoms with Crippen LogP contribution in [0.5, 0.6) is 0 Å². The van der Waals surface area contributed by atoms with Gasteiger partial charge in [-0.15, -0.1) is 0 Å². The van der Waals surface area contributed by atoms with E-state index in [-0.39, 0.29) is 13.2 Å². The second-order valence-corrected chi connectivity index (χ2v) is 15.1. The number of nitrogens with two attached hydrogens (primary N) is 1. The third kappa shape index (κ3) is 10.6. The number of aliphatic hydroxyl groups is 15. The van der Waals surface area contributed by atoms with Crippen LogP contribution in [0.25, 0.3) is 0 Å². The molecule has 0 amide bonds. The highest BCUT2D eigenvalue weighted by atomic mass is 16.8. The van der Waals surface area contributed by atoms with Gasteiger partial charge >= 0.3 is 5.97 Å². The number of aliphatic carboxylic acids is 1. The molecule has 18 N–H and O–H groups in total. The van der Waals surface area contributed by atoms with Gasteiger partial charge in [-0.3, -0.25) is 0 Å². The molecule has 28 heteroatoms. The van der Waals surface area contributed by atoms with Gasteiger partial charge in [-0.05, 0) is 0 Å². The van der Waals surface area contributed by atoms with Crippen molar-refractivity contribution < 1.29 is 134 Å². The van der Waals surface area contributed by atoms with Crippen molar-refractivity contribution >= 4 is 5.97 Å². The lowest BCUT2D eigenvalue weighted by Gasteiger charge is -2.49. The molecule has 0 saturated carbocycles. The number of rotatable bonds is 17. The maximum absolute atomic E-state index is 12.3. The third-order valence-electron chi connectivity index (χ3n) is 11.0. The smallest absolute Gasteiger partial charge is 0.335 e. The molecular weight excluding hydrogens is 842 g/mol. The summed E-state index contributed by atoms with van der Waals surface area (Å²) in [5.74, 6) is -1.82. The highest BCUT2D eigenvalue weighted by Gasteiger charge is 2.57. The number of hydrogen-bond acceptors (Lipinski definition) is 27. The van der Waals surface area contributed by atoms with Crippen LogP contribution in [0.15, 0.2) is 0 Å². The van der Waals surface area contributed by atoms with Crippen molar-refractivity contribution in [1.29, 1.82) is 0 Å². The second kappa shape index (κ2) is 21.6. The summed E-state index contributed by atoms with van der Waals surface area (Å²) in [4.78, 5) is 12.3. The molecule has 5 fully saturated rings. The highest BCUT2D eigenvalue weighted by molar-refractivity contribution is 5.73. The van der Waals surface area contributed by atoms with Gasteiger partial charge in [0.05, 0.1) is 33.0 Å². The molecule has 0 radical (unpaired) electrons. The summed E-state index contributed by atoms with van der Waals surface area (Å²) in [5.41, 5.74) is 3.27. The van der Waals surface area contributed by atoms with Gasteiger partial charge in [0.25, 0.3) is 0 Å². The minimum Gasteiger partial charge on any atom is -0.479 e. The molecule has 0 aromatic heterocycles. The van der Waals surface area contributed by atoms with Gasteiger partial charge < -0.3 is 135 Å². The molecule has 61 heavy (non-hydrogen) atoms. The van der Waals surface area contributed by atoms with Crippen LogP contribution in [-0.4, -0.2) is 281 Å². The molecule has 0 aliphatic carbocycles. The first-order valence-corrected chi connectivity index (χ1v) is 19.2. The summed E-state index contributed by atoms with van der Waals surface area (Å²) in [5, 5.41) is 168. The Balaban J connectivity index is 1.22. The van der Waals surface area contributed by atoms with Crippen LogP contribution in [0.4, 0.5) is 0 Å². The minimum absolute atomic E-state index is 0.0351. The molecule has 5 heterocycles. The third-order valence-corrected chi connectivity index (χ3v) is 11.0. The summed E-state index contributed by atoms with van der Waals surface area (Å²) in [6.45, 7) is -4.16. The number of aliphatic hydroxyl groups excluding tert-OH is 14. The van der Waals surface area contributed by atoms with Crippen LogP contribution in [0.3, 0.4) is 0 Å². The fraction of sp³-hybridized carbons (Fsp3) is 0.970. The van der Waals surface area contributed by atoms with E-state index in [1.54, 1.807) is 0 Å². The fourth-order valence-electron chi connectivity index (χ4n) is 7.54. The zero-order valence-electron chi connectivity index (χ0n) is 32.2. The molecule has 0 aromatic rings. The fourth-order valence-corrected chi connectivity index (χ4v) is 7.54. The Morgan fingerprint density at radius 2 is 0.951 bits per heavy atom. The maximum atomic E-state index is 12.3. The van der Waals surface area contributed by atoms with Crippen LogP contribution >= 0.6 is 0 Å². The summed E-state index contributed by atoms with van der Waals surface area (Å²) in [7, 11) is 0. The number of hydrogen-bond donors (Lipinski definition) is 17. The summed E-state index contributed by atoms with van der Waals surface area (Å²) >= 11 is 0. The van der Waals surface area contributed by atoms with E-state index in [1.165, 1.54) is 0 Å². The van der Waals surface area contributed by atoms with E-state index in [2.05, 4.69) is 0 Å². The molecule has 5 aliphatic rings. The molecule has 0 bridgehead atoms. The SMILES string of the molecule is NCCO[C@H]1OC(CO)[C@H](O[C@H]2OC(CO)[C@@H](O[C@@H]3OC(CO)[C@@H](O[C@@H]4OC(C(=O)O)[C@@H](O[C@H]5OC[C@](O)(CCO)C(O)C5O)C(O)C4O)C(O)C3O)C(O)C2O)C(O)C1O. The zero-order valence-corrected chi connectivity index (χ0v) is 32.2. The molecular formula is C33H57NO27. The largest absolute Gasteiger partial charge is 0.479 e. The van der Waals surface area contributed by atoms with Gasteiger partial charge in [-0.25, -0.2) is 4.79 Å². The molecule has 5 aliphatic heterocycles. The van der Waals surface area contributed by atoms with Crippen LogP contribution in [0.2, 0.25) is 0 Å². The van der Waals surface area contributed by atoms with Gasteiger partial charge in [-0.1, -0.05) is 0 Å². The van der Waals surface area contributed by atoms with E-state index in [1.807, 2.05) is 0 Å². The molecule has 0 spiro atoms. The van der Waals surface area contributed by atoms with E-state index >= 15 is 0 Å². The number of carbonyl (C=O) groups is 1. The van der Waals surface area contributed by atoms with Gasteiger partial charge in [0, 0.05) is 19.6 Å². The lowest BCUT2D eigenvalue weighted by molar-refractivity contribution is -0.391. The van der Waals surface area contributed by atoms with Crippen molar-refractivity contribution in [2.45, 2.75) is 153 Å². The van der Waals surface area contributed by atoms with E-state index in [0.29, 0.717) is 0 Å². The molecule has 0 aromatic carbocycles. The van der Waals surface area contributed by atoms with Gasteiger partial charge in [0.1, 0.15) is 109 Å². The molecule has 28 nitrogen and oxygen atoms in total. The quantitative estimate of drug-likeness (QED) is 0.0644. The van der Waals surface area contributed by atoms with Crippen LogP contribution < -0.4 is 5.73 Å². The molecule has 24 atom stereocenters. The van der Waals surface area contributed by atoms with Crippen LogP contribution in [-0.2, 0) is 52.2 Å². The Labute approximate surface area is 345 Å². The Bertz CT molecular complexity index is 1370. The highest BCUT2D eigenvalue weighted by Crippen LogP contribution is 2.36. The minimum atomic E-state index is -2.23. The predicted octanol–water partition coefficient (Wildman–Crippen LogP) is -11.5.